The summed E-state index contributed by atoms with van der Waals surface area (Å²) in [7, 11) is 5.20. The molecule has 0 bridgehead atoms. The first-order chi connectivity index (χ1) is 7.02. The van der Waals surface area contributed by atoms with Crippen molar-refractivity contribution in [3.05, 3.63) is 0 Å². The monoisotopic (exact) mass is 211 g/mol. The summed E-state index contributed by atoms with van der Waals surface area (Å²) in [5, 5.41) is 3.04. The third-order valence-electron chi connectivity index (χ3n) is 3.00. The lowest BCUT2D eigenvalue weighted by Gasteiger charge is -2.20. The fourth-order valence-corrected chi connectivity index (χ4v) is 1.99. The SMILES string of the molecule is CN1CC(=O)N(C)[C@@H]2NC=[N+](C)[C@@H]2C1=O. The summed E-state index contributed by atoms with van der Waals surface area (Å²) in [6.07, 6.45) is 1.48. The maximum atomic E-state index is 12.0. The Morgan fingerprint density at radius 3 is 2.80 bits per heavy atom. The van der Waals surface area contributed by atoms with Crippen molar-refractivity contribution in [1.29, 1.82) is 0 Å². The van der Waals surface area contributed by atoms with Crippen LogP contribution in [0.3, 0.4) is 0 Å². The number of rotatable bonds is 0. The second-order valence-corrected chi connectivity index (χ2v) is 4.05. The molecule has 1 fully saturated rings. The summed E-state index contributed by atoms with van der Waals surface area (Å²) in [6, 6.07) is -0.313. The molecule has 0 saturated carbocycles. The van der Waals surface area contributed by atoms with Crippen LogP contribution in [-0.2, 0) is 9.59 Å². The van der Waals surface area contributed by atoms with Gasteiger partial charge in [0.05, 0.1) is 13.6 Å². The second-order valence-electron chi connectivity index (χ2n) is 4.05. The van der Waals surface area contributed by atoms with Gasteiger partial charge in [-0.25, -0.2) is 0 Å². The van der Waals surface area contributed by atoms with Gasteiger partial charge in [0.1, 0.15) is 0 Å². The Labute approximate surface area is 88.1 Å². The zero-order valence-corrected chi connectivity index (χ0v) is 9.10. The maximum absolute atomic E-state index is 12.0. The molecule has 2 aliphatic rings. The lowest BCUT2D eigenvalue weighted by atomic mass is 10.2. The predicted molar refractivity (Wildman–Crippen MR) is 53.4 cm³/mol. The van der Waals surface area contributed by atoms with Crippen LogP contribution in [0.5, 0.6) is 0 Å². The number of nitrogens with one attached hydrogen (secondary N) is 1. The minimum atomic E-state index is -0.313. The molecular weight excluding hydrogens is 196 g/mol. The molecule has 1 saturated heterocycles. The van der Waals surface area contributed by atoms with Crippen LogP contribution in [0.4, 0.5) is 0 Å². The van der Waals surface area contributed by atoms with E-state index in [1.807, 2.05) is 7.05 Å². The Balaban J connectivity index is 2.36. The molecule has 2 rings (SSSR count). The molecule has 2 heterocycles. The molecule has 2 amide bonds. The van der Waals surface area contributed by atoms with Gasteiger partial charge >= 0.3 is 0 Å². The van der Waals surface area contributed by atoms with Crippen LogP contribution in [0.25, 0.3) is 0 Å². The van der Waals surface area contributed by atoms with Gasteiger partial charge in [0, 0.05) is 14.1 Å². The van der Waals surface area contributed by atoms with Gasteiger partial charge in [-0.15, -0.1) is 0 Å². The summed E-state index contributed by atoms with van der Waals surface area (Å²) in [5.41, 5.74) is 0. The molecule has 82 valence electrons. The van der Waals surface area contributed by atoms with E-state index < -0.39 is 0 Å². The Morgan fingerprint density at radius 2 is 2.13 bits per heavy atom. The highest BCUT2D eigenvalue weighted by Gasteiger charge is 2.47. The third-order valence-corrected chi connectivity index (χ3v) is 3.00. The Morgan fingerprint density at radius 1 is 1.47 bits per heavy atom. The second kappa shape index (κ2) is 3.22. The highest BCUT2D eigenvalue weighted by atomic mass is 16.2. The largest absolute Gasteiger partial charge is 0.333 e. The van der Waals surface area contributed by atoms with E-state index in [0.717, 1.165) is 0 Å². The quantitative estimate of drug-likeness (QED) is 0.466. The van der Waals surface area contributed by atoms with Crippen LogP contribution in [0.2, 0.25) is 0 Å². The van der Waals surface area contributed by atoms with Crippen molar-refractivity contribution in [1.82, 2.24) is 15.1 Å². The molecule has 1 N–H and O–H groups in total. The summed E-state index contributed by atoms with van der Waals surface area (Å²) in [4.78, 5) is 26.7. The van der Waals surface area contributed by atoms with E-state index in [1.54, 1.807) is 29.9 Å². The third kappa shape index (κ3) is 1.36. The van der Waals surface area contributed by atoms with E-state index >= 15 is 0 Å². The first kappa shape index (κ1) is 9.95. The number of nitrogens with zero attached hydrogens (tertiary/aromatic N) is 3. The standard InChI is InChI=1S/C9H14N4O2/c1-11-4-6(14)13(3)8-7(9(11)15)12(2)5-10-8/h5,7-8H,4H2,1-3H3/p+1/t7-,8-/m0/s1. The van der Waals surface area contributed by atoms with E-state index in [0.29, 0.717) is 0 Å². The Hall–Kier alpha value is -1.59. The van der Waals surface area contributed by atoms with Crippen molar-refractivity contribution >= 4 is 18.2 Å². The molecule has 0 spiro atoms. The number of amides is 2. The van der Waals surface area contributed by atoms with Crippen molar-refractivity contribution in [3.63, 3.8) is 0 Å². The van der Waals surface area contributed by atoms with Crippen LogP contribution < -0.4 is 5.32 Å². The summed E-state index contributed by atoms with van der Waals surface area (Å²) in [6.45, 7) is 0.151. The Kier molecular flexibility index (Phi) is 2.13. The van der Waals surface area contributed by atoms with E-state index in [2.05, 4.69) is 5.32 Å². The fraction of sp³-hybridized carbons (Fsp3) is 0.667. The molecular formula is C9H15N4O2+. The minimum absolute atomic E-state index is 0.0264. The molecule has 6 heteroatoms. The number of hydrogen-bond donors (Lipinski definition) is 1. The first-order valence-electron chi connectivity index (χ1n) is 4.84. The summed E-state index contributed by atoms with van der Waals surface area (Å²) >= 11 is 0. The topological polar surface area (TPSA) is 55.7 Å². The Bertz CT molecular complexity index is 352. The molecule has 0 unspecified atom stereocenters. The number of likely N-dealkylation sites (N-methyl/N-ethyl adjacent to an activating group) is 3. The van der Waals surface area contributed by atoms with Gasteiger partial charge in [0.25, 0.3) is 5.91 Å². The van der Waals surface area contributed by atoms with Crippen LogP contribution in [-0.4, -0.2) is 72.4 Å². The zero-order valence-electron chi connectivity index (χ0n) is 9.10. The number of carbonyl (C=O) groups is 2. The van der Waals surface area contributed by atoms with E-state index in [9.17, 15) is 9.59 Å². The van der Waals surface area contributed by atoms with Gasteiger partial charge in [0.15, 0.2) is 0 Å². The van der Waals surface area contributed by atoms with Crippen LogP contribution in [0.15, 0.2) is 0 Å². The lowest BCUT2D eigenvalue weighted by molar-refractivity contribution is -0.516. The van der Waals surface area contributed by atoms with E-state index in [-0.39, 0.29) is 30.6 Å². The minimum Gasteiger partial charge on any atom is -0.333 e. The maximum Gasteiger partial charge on any atom is 0.274 e. The molecule has 0 aromatic carbocycles. The van der Waals surface area contributed by atoms with Gasteiger partial charge in [0.2, 0.25) is 24.5 Å². The molecule has 2 aliphatic heterocycles. The molecule has 0 aromatic rings. The van der Waals surface area contributed by atoms with Crippen molar-refractivity contribution in [2.24, 2.45) is 0 Å². The number of hydrogen-bond acceptors (Lipinski definition) is 3. The van der Waals surface area contributed by atoms with Crippen LogP contribution in [0.1, 0.15) is 0 Å². The van der Waals surface area contributed by atoms with Gasteiger partial charge in [-0.2, -0.15) is 0 Å². The highest BCUT2D eigenvalue weighted by Crippen LogP contribution is 2.14. The van der Waals surface area contributed by atoms with E-state index in [1.165, 1.54) is 4.90 Å². The van der Waals surface area contributed by atoms with Crippen molar-refractivity contribution < 1.29 is 14.2 Å². The highest BCUT2D eigenvalue weighted by molar-refractivity contribution is 5.91. The van der Waals surface area contributed by atoms with Crippen molar-refractivity contribution in [2.45, 2.75) is 12.2 Å². The fourth-order valence-electron chi connectivity index (χ4n) is 1.99. The van der Waals surface area contributed by atoms with Gasteiger partial charge in [-0.3, -0.25) is 19.5 Å². The predicted octanol–water partition coefficient (Wildman–Crippen LogP) is -2.11. The molecule has 15 heavy (non-hydrogen) atoms. The lowest BCUT2D eigenvalue weighted by Crippen LogP contribution is -2.52. The normalized spacial score (nSPS) is 31.0. The molecule has 6 nitrogen and oxygen atoms in total. The summed E-state index contributed by atoms with van der Waals surface area (Å²) in [5.74, 6) is -0.0731. The van der Waals surface area contributed by atoms with Gasteiger partial charge < -0.3 is 9.80 Å². The van der Waals surface area contributed by atoms with Gasteiger partial charge in [-0.05, 0) is 0 Å². The number of fused-ring (bicyclic) bond motifs is 1. The molecule has 0 aromatic heterocycles. The number of carbonyl (C=O) groups excluding carboxylic acids is 2. The zero-order chi connectivity index (χ0) is 11.2. The van der Waals surface area contributed by atoms with Gasteiger partial charge in [-0.1, -0.05) is 0 Å². The van der Waals surface area contributed by atoms with E-state index in [4.69, 9.17) is 0 Å². The first-order valence-corrected chi connectivity index (χ1v) is 4.84. The average molecular weight is 211 g/mol. The van der Waals surface area contributed by atoms with Crippen LogP contribution >= 0.6 is 0 Å². The van der Waals surface area contributed by atoms with Crippen molar-refractivity contribution in [2.75, 3.05) is 27.7 Å². The molecule has 0 aliphatic carbocycles. The summed E-state index contributed by atoms with van der Waals surface area (Å²) < 4.78 is 1.80. The van der Waals surface area contributed by atoms with Crippen LogP contribution in [0, 0.1) is 0 Å². The smallest absolute Gasteiger partial charge is 0.274 e. The van der Waals surface area contributed by atoms with Crippen molar-refractivity contribution in [3.8, 4) is 0 Å². The average Bonchev–Trinajstić information content (AvgIpc) is 2.54. The molecule has 2 atom stereocenters. The molecule has 0 radical (unpaired) electrons.